The van der Waals surface area contributed by atoms with Crippen LogP contribution in [0.3, 0.4) is 0 Å². The molecule has 3 aromatic carbocycles. The molecule has 0 amide bonds. The molecular formula is C27H27N3OS. The number of likely N-dealkylation sites (tertiary alicyclic amines) is 1. The lowest BCUT2D eigenvalue weighted by atomic mass is 9.81. The summed E-state index contributed by atoms with van der Waals surface area (Å²) in [6.07, 6.45) is 1.99. The van der Waals surface area contributed by atoms with Gasteiger partial charge in [0.25, 0.3) is 0 Å². The van der Waals surface area contributed by atoms with E-state index in [2.05, 4.69) is 66.5 Å². The second kappa shape index (κ2) is 7.41. The molecule has 2 N–H and O–H groups in total. The molecule has 4 nitrogen and oxygen atoms in total. The van der Waals surface area contributed by atoms with Crippen LogP contribution in [0.1, 0.15) is 29.9 Å². The Morgan fingerprint density at radius 3 is 2.44 bits per heavy atom. The van der Waals surface area contributed by atoms with Gasteiger partial charge in [0.1, 0.15) is 10.8 Å². The van der Waals surface area contributed by atoms with E-state index < -0.39 is 0 Å². The van der Waals surface area contributed by atoms with E-state index in [-0.39, 0.29) is 11.5 Å². The van der Waals surface area contributed by atoms with Crippen molar-refractivity contribution in [1.82, 2.24) is 9.88 Å². The largest absolute Gasteiger partial charge is 0.496 e. The monoisotopic (exact) mass is 441 g/mol. The summed E-state index contributed by atoms with van der Waals surface area (Å²) in [5, 5.41) is 1.00. The molecule has 0 spiro atoms. The van der Waals surface area contributed by atoms with Crippen LogP contribution in [0.5, 0.6) is 5.75 Å². The van der Waals surface area contributed by atoms with E-state index in [0.717, 1.165) is 47.8 Å². The molecule has 1 fully saturated rings. The molecule has 2 aliphatic rings. The zero-order chi connectivity index (χ0) is 21.9. The quantitative estimate of drug-likeness (QED) is 0.454. The zero-order valence-electron chi connectivity index (χ0n) is 18.5. The second-order valence-electron chi connectivity index (χ2n) is 9.15. The van der Waals surface area contributed by atoms with Gasteiger partial charge in [-0.1, -0.05) is 42.5 Å². The minimum atomic E-state index is -0.224. The molecule has 1 aliphatic heterocycles. The summed E-state index contributed by atoms with van der Waals surface area (Å²) in [6.45, 7) is 2.07. The van der Waals surface area contributed by atoms with Crippen molar-refractivity contribution >= 4 is 21.6 Å². The van der Waals surface area contributed by atoms with Gasteiger partial charge < -0.3 is 15.4 Å². The highest BCUT2D eigenvalue weighted by molar-refractivity contribution is 7.21. The first-order chi connectivity index (χ1) is 15.6. The Balaban J connectivity index is 1.54. The third kappa shape index (κ3) is 3.07. The number of methoxy groups -OCH3 is 1. The average Bonchev–Trinajstić information content (AvgIpc) is 3.44. The lowest BCUT2D eigenvalue weighted by Crippen LogP contribution is -2.50. The van der Waals surface area contributed by atoms with Gasteiger partial charge in [0.15, 0.2) is 0 Å². The third-order valence-corrected chi connectivity index (χ3v) is 8.23. The van der Waals surface area contributed by atoms with Crippen molar-refractivity contribution in [2.75, 3.05) is 27.2 Å². The molecule has 2 heterocycles. The van der Waals surface area contributed by atoms with E-state index in [1.165, 1.54) is 27.0 Å². The minimum absolute atomic E-state index is 0.224. The molecule has 32 heavy (non-hydrogen) atoms. The van der Waals surface area contributed by atoms with Gasteiger partial charge in [-0.05, 0) is 67.9 Å². The number of nitrogens with two attached hydrogens (primary N) is 1. The maximum atomic E-state index is 7.10. The zero-order valence-corrected chi connectivity index (χ0v) is 19.3. The highest BCUT2D eigenvalue weighted by atomic mass is 32.1. The Morgan fingerprint density at radius 2 is 1.72 bits per heavy atom. The fraction of sp³-hybridized carbons (Fsp3) is 0.296. The predicted octanol–water partition coefficient (Wildman–Crippen LogP) is 5.51. The summed E-state index contributed by atoms with van der Waals surface area (Å²) in [5.74, 6) is 1.19. The van der Waals surface area contributed by atoms with Crippen LogP contribution in [-0.4, -0.2) is 42.7 Å². The first kappa shape index (κ1) is 19.9. The Hall–Kier alpha value is -2.73. The number of thiazole rings is 1. The molecule has 5 heteroatoms. The van der Waals surface area contributed by atoms with Crippen LogP contribution >= 0.6 is 11.3 Å². The van der Waals surface area contributed by atoms with Crippen LogP contribution in [0, 0.1) is 0 Å². The molecular weight excluding hydrogens is 414 g/mol. The van der Waals surface area contributed by atoms with Crippen molar-refractivity contribution in [3.63, 3.8) is 0 Å². The Morgan fingerprint density at radius 1 is 1.00 bits per heavy atom. The molecule has 1 aliphatic carbocycles. The number of aromatic nitrogens is 1. The number of benzene rings is 3. The summed E-state index contributed by atoms with van der Waals surface area (Å²) < 4.78 is 7.25. The molecule has 1 atom stereocenters. The molecule has 6 rings (SSSR count). The van der Waals surface area contributed by atoms with Crippen LogP contribution < -0.4 is 10.5 Å². The van der Waals surface area contributed by atoms with E-state index in [4.69, 9.17) is 15.5 Å². The van der Waals surface area contributed by atoms with Crippen LogP contribution in [-0.2, 0) is 0 Å². The number of hydrogen-bond acceptors (Lipinski definition) is 5. The first-order valence-corrected chi connectivity index (χ1v) is 12.0. The fourth-order valence-corrected chi connectivity index (χ4v) is 6.31. The van der Waals surface area contributed by atoms with Crippen molar-refractivity contribution < 1.29 is 4.74 Å². The van der Waals surface area contributed by atoms with Crippen LogP contribution in [0.2, 0.25) is 0 Å². The molecule has 0 radical (unpaired) electrons. The van der Waals surface area contributed by atoms with Gasteiger partial charge in [-0.3, -0.25) is 0 Å². The maximum absolute atomic E-state index is 7.10. The Bertz CT molecular complexity index is 1270. The number of nitrogens with zero attached hydrogens (tertiary/aromatic N) is 2. The Labute approximate surface area is 192 Å². The van der Waals surface area contributed by atoms with Gasteiger partial charge in [-0.15, -0.1) is 11.3 Å². The summed E-state index contributed by atoms with van der Waals surface area (Å²) in [5.41, 5.74) is 14.1. The SMILES string of the molecule is COc1c(-c2nc3ccccc3s2)cc(-c2ccccc2)c2c1C2C1(N)CCN(C)CC1. The fourth-order valence-electron chi connectivity index (χ4n) is 5.33. The topological polar surface area (TPSA) is 51.4 Å². The van der Waals surface area contributed by atoms with Gasteiger partial charge >= 0.3 is 0 Å². The number of fused-ring (bicyclic) bond motifs is 2. The lowest BCUT2D eigenvalue weighted by Gasteiger charge is -2.38. The molecule has 0 saturated carbocycles. The molecule has 0 bridgehead atoms. The van der Waals surface area contributed by atoms with Crippen molar-refractivity contribution in [2.45, 2.75) is 24.3 Å². The number of ether oxygens (including phenoxy) is 1. The summed E-state index contributed by atoms with van der Waals surface area (Å²) in [7, 11) is 3.96. The molecule has 1 unspecified atom stereocenters. The summed E-state index contributed by atoms with van der Waals surface area (Å²) in [6, 6.07) is 21.3. The molecule has 4 aromatic rings. The third-order valence-electron chi connectivity index (χ3n) is 7.16. The maximum Gasteiger partial charge on any atom is 0.133 e. The van der Waals surface area contributed by atoms with Gasteiger partial charge in [-0.2, -0.15) is 0 Å². The van der Waals surface area contributed by atoms with Crippen molar-refractivity contribution in [3.8, 4) is 27.4 Å². The summed E-state index contributed by atoms with van der Waals surface area (Å²) in [4.78, 5) is 7.33. The highest BCUT2D eigenvalue weighted by Gasteiger charge is 2.53. The van der Waals surface area contributed by atoms with Crippen LogP contribution in [0.4, 0.5) is 0 Å². The van der Waals surface area contributed by atoms with Gasteiger partial charge in [0.05, 0.1) is 22.9 Å². The minimum Gasteiger partial charge on any atom is -0.496 e. The van der Waals surface area contributed by atoms with E-state index in [1.807, 2.05) is 6.07 Å². The normalized spacial score (nSPS) is 19.7. The van der Waals surface area contributed by atoms with Crippen molar-refractivity contribution in [1.29, 1.82) is 0 Å². The van der Waals surface area contributed by atoms with Crippen molar-refractivity contribution in [3.05, 3.63) is 71.8 Å². The van der Waals surface area contributed by atoms with E-state index in [9.17, 15) is 0 Å². The number of piperidine rings is 1. The number of hydrogen-bond donors (Lipinski definition) is 1. The summed E-state index contributed by atoms with van der Waals surface area (Å²) >= 11 is 1.72. The first-order valence-electron chi connectivity index (χ1n) is 11.2. The van der Waals surface area contributed by atoms with E-state index in [1.54, 1.807) is 18.4 Å². The second-order valence-corrected chi connectivity index (χ2v) is 10.2. The van der Waals surface area contributed by atoms with Gasteiger partial charge in [0, 0.05) is 17.0 Å². The molecule has 1 saturated heterocycles. The van der Waals surface area contributed by atoms with Crippen LogP contribution in [0.25, 0.3) is 31.9 Å². The van der Waals surface area contributed by atoms with E-state index in [0.29, 0.717) is 0 Å². The highest BCUT2D eigenvalue weighted by Crippen LogP contribution is 2.62. The average molecular weight is 442 g/mol. The predicted molar refractivity (Wildman–Crippen MR) is 133 cm³/mol. The van der Waals surface area contributed by atoms with Crippen molar-refractivity contribution in [2.24, 2.45) is 5.73 Å². The molecule has 1 aromatic heterocycles. The smallest absolute Gasteiger partial charge is 0.133 e. The van der Waals surface area contributed by atoms with Crippen LogP contribution in [0.15, 0.2) is 60.7 Å². The number of para-hydroxylation sites is 1. The Kier molecular flexibility index (Phi) is 4.61. The number of rotatable bonds is 4. The van der Waals surface area contributed by atoms with Gasteiger partial charge in [-0.25, -0.2) is 4.98 Å². The lowest BCUT2D eigenvalue weighted by molar-refractivity contribution is 0.186. The van der Waals surface area contributed by atoms with Gasteiger partial charge in [0.2, 0.25) is 0 Å². The van der Waals surface area contributed by atoms with E-state index >= 15 is 0 Å². The standard InChI is InChI=1S/C27H27N3OS/c1-30-14-12-27(28,13-15-30)24-22-18(17-8-4-3-5-9-17)16-19(25(31-2)23(22)24)26-29-20-10-6-7-11-21(20)32-26/h3-11,16,24H,12-15,28H2,1-2H3. The molecule has 162 valence electrons.